The van der Waals surface area contributed by atoms with E-state index < -0.39 is 0 Å². The molecule has 0 bridgehead atoms. The summed E-state index contributed by atoms with van der Waals surface area (Å²) in [6.45, 7) is 11.3. The fourth-order valence-corrected chi connectivity index (χ4v) is 1.79. The zero-order valence-electron chi connectivity index (χ0n) is 11.3. The van der Waals surface area contributed by atoms with Crippen LogP contribution in [0.4, 0.5) is 0 Å². The van der Waals surface area contributed by atoms with Crippen LogP contribution in [0.15, 0.2) is 18.5 Å². The number of aryl methyl sites for hydroxylation is 1. The van der Waals surface area contributed by atoms with E-state index in [0.717, 1.165) is 11.0 Å². The summed E-state index contributed by atoms with van der Waals surface area (Å²) in [5, 5.41) is 0. The van der Waals surface area contributed by atoms with Crippen molar-refractivity contribution >= 4 is 12.6 Å². The lowest BCUT2D eigenvalue weighted by Crippen LogP contribution is -2.58. The molecular weight excluding hydrogens is 213 g/mol. The van der Waals surface area contributed by atoms with Crippen LogP contribution in [-0.2, 0) is 9.31 Å². The molecule has 0 amide bonds. The lowest BCUT2D eigenvalue weighted by atomic mass is 9.69. The molecule has 0 unspecified atom stereocenters. The maximum Gasteiger partial charge on any atom is 0.495 e. The predicted molar refractivity (Wildman–Crippen MR) is 69.3 cm³/mol. The van der Waals surface area contributed by atoms with E-state index in [1.54, 1.807) is 0 Å². The van der Waals surface area contributed by atoms with Crippen LogP contribution in [0.1, 0.15) is 33.3 Å². The highest BCUT2D eigenvalue weighted by atomic mass is 16.6. The Morgan fingerprint density at radius 2 is 1.94 bits per heavy atom. The summed E-state index contributed by atoms with van der Waals surface area (Å²) >= 11 is 0. The molecule has 2 heterocycles. The smallest absolute Gasteiger partial charge is 0.407 e. The van der Waals surface area contributed by atoms with Crippen molar-refractivity contribution < 1.29 is 9.31 Å². The van der Waals surface area contributed by atoms with Crippen LogP contribution in [-0.4, -0.2) is 24.3 Å². The molecule has 1 saturated heterocycles. The molecule has 17 heavy (non-hydrogen) atoms. The lowest BCUT2D eigenvalue weighted by Gasteiger charge is -2.47. The minimum atomic E-state index is -0.301. The summed E-state index contributed by atoms with van der Waals surface area (Å²) in [5.41, 5.74) is 1.92. The topological polar surface area (TPSA) is 31.4 Å². The zero-order valence-corrected chi connectivity index (χ0v) is 11.3. The third-order valence-corrected chi connectivity index (χ3v) is 3.80. The highest BCUT2D eigenvalue weighted by molar-refractivity contribution is 6.61. The summed E-state index contributed by atoms with van der Waals surface area (Å²) < 4.78 is 11.9. The molecule has 4 heteroatoms. The van der Waals surface area contributed by atoms with Gasteiger partial charge in [-0.05, 0) is 26.3 Å². The van der Waals surface area contributed by atoms with Gasteiger partial charge in [0.25, 0.3) is 0 Å². The second-order valence-electron chi connectivity index (χ2n) is 5.95. The Morgan fingerprint density at radius 1 is 1.24 bits per heavy atom. The van der Waals surface area contributed by atoms with Crippen LogP contribution in [0.5, 0.6) is 0 Å². The number of nitrogens with zero attached hydrogens (tertiary/aromatic N) is 1. The molecule has 0 N–H and O–H groups in total. The van der Waals surface area contributed by atoms with Crippen molar-refractivity contribution in [1.29, 1.82) is 0 Å². The number of hydrogen-bond donors (Lipinski definition) is 0. The van der Waals surface area contributed by atoms with Crippen molar-refractivity contribution in [2.75, 3.05) is 6.61 Å². The van der Waals surface area contributed by atoms with Crippen LogP contribution in [0.2, 0.25) is 0 Å². The van der Waals surface area contributed by atoms with Gasteiger partial charge in [0.05, 0.1) is 5.60 Å². The first-order valence-corrected chi connectivity index (χ1v) is 6.03. The molecule has 0 radical (unpaired) electrons. The third-order valence-electron chi connectivity index (χ3n) is 3.80. The Bertz CT molecular complexity index is 418. The maximum absolute atomic E-state index is 6.07. The third kappa shape index (κ3) is 2.38. The van der Waals surface area contributed by atoms with E-state index in [0.29, 0.717) is 6.61 Å². The van der Waals surface area contributed by atoms with Gasteiger partial charge < -0.3 is 9.31 Å². The van der Waals surface area contributed by atoms with Crippen molar-refractivity contribution in [3.63, 3.8) is 0 Å². The first-order valence-electron chi connectivity index (χ1n) is 6.03. The number of aromatic nitrogens is 1. The largest absolute Gasteiger partial charge is 0.495 e. The molecule has 1 aliphatic heterocycles. The fraction of sp³-hybridized carbons (Fsp3) is 0.615. The highest BCUT2D eigenvalue weighted by Gasteiger charge is 2.46. The van der Waals surface area contributed by atoms with Crippen LogP contribution < -0.4 is 5.46 Å². The Hall–Kier alpha value is -0.865. The zero-order chi connectivity index (χ0) is 12.7. The van der Waals surface area contributed by atoms with Gasteiger partial charge in [-0.2, -0.15) is 0 Å². The lowest BCUT2D eigenvalue weighted by molar-refractivity contribution is -0.0937. The van der Waals surface area contributed by atoms with E-state index >= 15 is 0 Å². The Kier molecular flexibility index (Phi) is 3.04. The quantitative estimate of drug-likeness (QED) is 0.694. The molecule has 1 aromatic heterocycles. The average Bonchev–Trinajstić information content (AvgIpc) is 2.22. The summed E-state index contributed by atoms with van der Waals surface area (Å²) in [5.74, 6) is 0. The summed E-state index contributed by atoms with van der Waals surface area (Å²) in [6, 6.07) is 2.06. The molecule has 0 aromatic carbocycles. The van der Waals surface area contributed by atoms with Gasteiger partial charge in [0.1, 0.15) is 0 Å². The molecule has 1 aromatic rings. The van der Waals surface area contributed by atoms with Gasteiger partial charge >= 0.3 is 7.12 Å². The van der Waals surface area contributed by atoms with Crippen molar-refractivity contribution in [3.05, 3.63) is 24.0 Å². The molecule has 0 spiro atoms. The van der Waals surface area contributed by atoms with Gasteiger partial charge in [0.2, 0.25) is 0 Å². The van der Waals surface area contributed by atoms with Gasteiger partial charge in [-0.25, -0.2) is 0 Å². The number of hydrogen-bond acceptors (Lipinski definition) is 3. The van der Waals surface area contributed by atoms with E-state index in [4.69, 9.17) is 9.31 Å². The van der Waals surface area contributed by atoms with E-state index in [9.17, 15) is 0 Å². The second-order valence-corrected chi connectivity index (χ2v) is 5.95. The summed E-state index contributed by atoms with van der Waals surface area (Å²) in [4.78, 5) is 4.18. The number of pyridine rings is 1. The molecule has 92 valence electrons. The molecule has 0 atom stereocenters. The van der Waals surface area contributed by atoms with Gasteiger partial charge in [0, 0.05) is 29.9 Å². The molecule has 0 aliphatic carbocycles. The predicted octanol–water partition coefficient (Wildman–Crippen LogP) is 1.94. The van der Waals surface area contributed by atoms with Crippen molar-refractivity contribution in [1.82, 2.24) is 4.98 Å². The minimum absolute atomic E-state index is 0.0146. The highest BCUT2D eigenvalue weighted by Crippen LogP contribution is 2.37. The Balaban J connectivity index is 2.21. The van der Waals surface area contributed by atoms with Gasteiger partial charge in [0.15, 0.2) is 0 Å². The molecule has 3 nitrogen and oxygen atoms in total. The molecule has 1 aliphatic rings. The monoisotopic (exact) mass is 233 g/mol. The van der Waals surface area contributed by atoms with Crippen molar-refractivity contribution in [2.45, 2.75) is 40.2 Å². The second kappa shape index (κ2) is 4.11. The normalized spacial score (nSPS) is 22.5. The molecule has 2 rings (SSSR count). The van der Waals surface area contributed by atoms with E-state index in [2.05, 4.69) is 38.7 Å². The van der Waals surface area contributed by atoms with E-state index in [1.165, 1.54) is 0 Å². The number of rotatable bonds is 1. The van der Waals surface area contributed by atoms with E-state index in [1.807, 2.05) is 19.3 Å². The summed E-state index contributed by atoms with van der Waals surface area (Å²) in [6.07, 6.45) is 3.65. The summed E-state index contributed by atoms with van der Waals surface area (Å²) in [7, 11) is -0.301. The van der Waals surface area contributed by atoms with Gasteiger partial charge in [-0.3, -0.25) is 4.98 Å². The van der Waals surface area contributed by atoms with Crippen LogP contribution >= 0.6 is 0 Å². The molecule has 1 fully saturated rings. The first kappa shape index (κ1) is 12.6. The SMILES string of the molecule is Cc1cncc(B2OCC(C)(C)C(C)(C)O2)c1. The minimum Gasteiger partial charge on any atom is -0.407 e. The Labute approximate surface area is 104 Å². The van der Waals surface area contributed by atoms with Gasteiger partial charge in [-0.15, -0.1) is 0 Å². The fourth-order valence-electron chi connectivity index (χ4n) is 1.79. The molecule has 0 saturated carbocycles. The van der Waals surface area contributed by atoms with Crippen LogP contribution in [0.25, 0.3) is 0 Å². The first-order chi connectivity index (χ1) is 7.82. The maximum atomic E-state index is 6.07. The van der Waals surface area contributed by atoms with Crippen LogP contribution in [0, 0.1) is 12.3 Å². The standard InChI is InChI=1S/C13H20BNO2/c1-10-6-11(8-15-7-10)14-16-9-12(2,3)13(4,5)17-14/h6-8H,9H2,1-5H3. The van der Waals surface area contributed by atoms with Crippen molar-refractivity contribution in [2.24, 2.45) is 5.41 Å². The van der Waals surface area contributed by atoms with Crippen molar-refractivity contribution in [3.8, 4) is 0 Å². The Morgan fingerprint density at radius 3 is 2.53 bits per heavy atom. The average molecular weight is 233 g/mol. The van der Waals surface area contributed by atoms with E-state index in [-0.39, 0.29) is 18.1 Å². The molecular formula is C13H20BNO2. The van der Waals surface area contributed by atoms with Gasteiger partial charge in [-0.1, -0.05) is 19.9 Å². The van der Waals surface area contributed by atoms with Crippen LogP contribution in [0.3, 0.4) is 0 Å².